The zero-order valence-electron chi connectivity index (χ0n) is 15.1. The molecule has 0 atom stereocenters. The maximum Gasteiger partial charge on any atom is 0.257 e. The first-order chi connectivity index (χ1) is 12.4. The molecule has 1 N–H and O–H groups in total. The van der Waals surface area contributed by atoms with Gasteiger partial charge in [-0.2, -0.15) is 0 Å². The topological polar surface area (TPSA) is 75.7 Å². The highest BCUT2D eigenvalue weighted by atomic mass is 32.2. The van der Waals surface area contributed by atoms with E-state index in [1.54, 1.807) is 4.90 Å². The second-order valence-electron chi connectivity index (χ2n) is 6.59. The second kappa shape index (κ2) is 7.63. The summed E-state index contributed by atoms with van der Waals surface area (Å²) in [7, 11) is -3.23. The van der Waals surface area contributed by atoms with Crippen molar-refractivity contribution >= 4 is 26.7 Å². The summed E-state index contributed by atoms with van der Waals surface area (Å²) in [4.78, 5) is 14.8. The summed E-state index contributed by atoms with van der Waals surface area (Å²) in [6.45, 7) is 3.42. The largest absolute Gasteiger partial charge is 0.493 e. The quantitative estimate of drug-likeness (QED) is 0.869. The Morgan fingerprint density at radius 3 is 2.38 bits per heavy atom. The lowest BCUT2D eigenvalue weighted by Gasteiger charge is -2.32. The van der Waals surface area contributed by atoms with E-state index in [0.717, 1.165) is 17.0 Å². The van der Waals surface area contributed by atoms with Crippen LogP contribution in [0.25, 0.3) is 10.8 Å². The van der Waals surface area contributed by atoms with E-state index < -0.39 is 10.0 Å². The van der Waals surface area contributed by atoms with Crippen molar-refractivity contribution in [3.05, 3.63) is 42.0 Å². The van der Waals surface area contributed by atoms with Crippen molar-refractivity contribution in [2.75, 3.05) is 26.0 Å². The van der Waals surface area contributed by atoms with Crippen molar-refractivity contribution in [1.82, 2.24) is 9.62 Å². The van der Waals surface area contributed by atoms with Crippen LogP contribution in [0.15, 0.2) is 36.4 Å². The molecule has 0 saturated carbocycles. The Kier molecular flexibility index (Phi) is 5.48. The number of amides is 1. The van der Waals surface area contributed by atoms with Crippen LogP contribution >= 0.6 is 0 Å². The Bertz CT molecular complexity index is 903. The van der Waals surface area contributed by atoms with Gasteiger partial charge in [0.15, 0.2) is 0 Å². The van der Waals surface area contributed by atoms with Crippen molar-refractivity contribution in [2.24, 2.45) is 0 Å². The summed E-state index contributed by atoms with van der Waals surface area (Å²) in [5, 5.41) is 2.02. The number of ether oxygens (including phenoxy) is 1. The van der Waals surface area contributed by atoms with Gasteiger partial charge in [-0.1, -0.05) is 24.3 Å². The van der Waals surface area contributed by atoms with E-state index in [0.29, 0.717) is 43.9 Å². The van der Waals surface area contributed by atoms with Gasteiger partial charge in [0.05, 0.1) is 18.4 Å². The number of benzene rings is 2. The minimum absolute atomic E-state index is 0.0722. The minimum atomic E-state index is -3.23. The fourth-order valence-corrected chi connectivity index (χ4v) is 4.18. The number of nitrogens with zero attached hydrogens (tertiary/aromatic N) is 1. The lowest BCUT2D eigenvalue weighted by atomic mass is 10.0. The highest BCUT2D eigenvalue weighted by Gasteiger charge is 2.27. The van der Waals surface area contributed by atoms with Crippen LogP contribution in [0.2, 0.25) is 0 Å². The Balaban J connectivity index is 1.80. The molecule has 0 unspecified atom stereocenters. The summed E-state index contributed by atoms with van der Waals surface area (Å²) in [6, 6.07) is 11.5. The van der Waals surface area contributed by atoms with Gasteiger partial charge in [0, 0.05) is 19.1 Å². The molecule has 0 aliphatic carbocycles. The number of hydrogen-bond donors (Lipinski definition) is 1. The van der Waals surface area contributed by atoms with E-state index in [1.807, 2.05) is 43.3 Å². The number of rotatable bonds is 5. The van der Waals surface area contributed by atoms with Crippen LogP contribution in [0.1, 0.15) is 30.1 Å². The molecule has 0 radical (unpaired) electrons. The molecule has 7 heteroatoms. The Morgan fingerprint density at radius 1 is 1.19 bits per heavy atom. The fourth-order valence-electron chi connectivity index (χ4n) is 3.33. The average Bonchev–Trinajstić information content (AvgIpc) is 2.60. The van der Waals surface area contributed by atoms with Gasteiger partial charge in [-0.25, -0.2) is 13.1 Å². The number of nitrogens with one attached hydrogen (secondary N) is 1. The standard InChI is InChI=1S/C19H24N2O4S/c1-3-25-18-13-15-7-5-4-6-14(15)12-17(18)19(22)21-10-8-16(9-11-21)20-26(2,23)24/h4-7,12-13,16,20H,3,8-11H2,1-2H3. The highest BCUT2D eigenvalue weighted by molar-refractivity contribution is 7.88. The molecule has 3 rings (SSSR count). The Hall–Kier alpha value is -2.12. The average molecular weight is 376 g/mol. The zero-order chi connectivity index (χ0) is 18.7. The second-order valence-corrected chi connectivity index (χ2v) is 8.37. The number of carbonyl (C=O) groups is 1. The summed E-state index contributed by atoms with van der Waals surface area (Å²) >= 11 is 0. The van der Waals surface area contributed by atoms with Gasteiger partial charge in [0.1, 0.15) is 5.75 Å². The van der Waals surface area contributed by atoms with Crippen molar-refractivity contribution in [3.63, 3.8) is 0 Å². The predicted octanol–water partition coefficient (Wildman–Crippen LogP) is 2.39. The third-order valence-corrected chi connectivity index (χ3v) is 5.30. The van der Waals surface area contributed by atoms with Crippen LogP contribution in [0.4, 0.5) is 0 Å². The molecule has 0 aromatic heterocycles. The number of sulfonamides is 1. The normalized spacial score (nSPS) is 16.0. The number of carbonyl (C=O) groups excluding carboxylic acids is 1. The van der Waals surface area contributed by atoms with E-state index in [1.165, 1.54) is 0 Å². The summed E-state index contributed by atoms with van der Waals surface area (Å²) in [6.07, 6.45) is 2.38. The van der Waals surface area contributed by atoms with Crippen molar-refractivity contribution in [3.8, 4) is 5.75 Å². The molecule has 0 spiro atoms. The molecule has 2 aromatic carbocycles. The molecular weight excluding hydrogens is 352 g/mol. The minimum Gasteiger partial charge on any atom is -0.493 e. The van der Waals surface area contributed by atoms with E-state index in [2.05, 4.69) is 4.72 Å². The van der Waals surface area contributed by atoms with Crippen LogP contribution in [0.5, 0.6) is 5.75 Å². The first-order valence-corrected chi connectivity index (χ1v) is 10.7. The summed E-state index contributed by atoms with van der Waals surface area (Å²) in [5.41, 5.74) is 0.556. The molecule has 2 aromatic rings. The molecule has 1 aliphatic heterocycles. The first kappa shape index (κ1) is 18.7. The summed E-state index contributed by atoms with van der Waals surface area (Å²) in [5.74, 6) is 0.518. The van der Waals surface area contributed by atoms with Crippen LogP contribution in [-0.2, 0) is 10.0 Å². The molecule has 1 amide bonds. The maximum absolute atomic E-state index is 13.0. The zero-order valence-corrected chi connectivity index (χ0v) is 15.9. The van der Waals surface area contributed by atoms with Gasteiger partial charge < -0.3 is 9.64 Å². The Labute approximate surface area is 154 Å². The van der Waals surface area contributed by atoms with E-state index in [-0.39, 0.29) is 11.9 Å². The molecule has 1 aliphatic rings. The molecule has 1 saturated heterocycles. The summed E-state index contributed by atoms with van der Waals surface area (Å²) < 4.78 is 31.1. The maximum atomic E-state index is 13.0. The molecular formula is C19H24N2O4S. The van der Waals surface area contributed by atoms with Crippen LogP contribution in [0, 0.1) is 0 Å². The molecule has 26 heavy (non-hydrogen) atoms. The van der Waals surface area contributed by atoms with E-state index in [9.17, 15) is 13.2 Å². The smallest absolute Gasteiger partial charge is 0.257 e. The lowest BCUT2D eigenvalue weighted by molar-refractivity contribution is 0.0707. The number of likely N-dealkylation sites (tertiary alicyclic amines) is 1. The molecule has 1 heterocycles. The number of piperidine rings is 1. The van der Waals surface area contributed by atoms with Crippen molar-refractivity contribution in [2.45, 2.75) is 25.8 Å². The lowest BCUT2D eigenvalue weighted by Crippen LogP contribution is -2.46. The van der Waals surface area contributed by atoms with Gasteiger partial charge in [-0.05, 0) is 42.7 Å². The van der Waals surface area contributed by atoms with E-state index in [4.69, 9.17) is 4.74 Å². The third-order valence-electron chi connectivity index (χ3n) is 4.54. The van der Waals surface area contributed by atoms with Gasteiger partial charge in [0.2, 0.25) is 10.0 Å². The highest BCUT2D eigenvalue weighted by Crippen LogP contribution is 2.28. The van der Waals surface area contributed by atoms with Crippen molar-refractivity contribution in [1.29, 1.82) is 0 Å². The Morgan fingerprint density at radius 2 is 1.81 bits per heavy atom. The third kappa shape index (κ3) is 4.34. The molecule has 0 bridgehead atoms. The molecule has 140 valence electrons. The molecule has 1 fully saturated rings. The van der Waals surface area contributed by atoms with Gasteiger partial charge in [0.25, 0.3) is 5.91 Å². The molecule has 6 nitrogen and oxygen atoms in total. The van der Waals surface area contributed by atoms with Crippen LogP contribution < -0.4 is 9.46 Å². The fraction of sp³-hybridized carbons (Fsp3) is 0.421. The number of fused-ring (bicyclic) bond motifs is 1. The van der Waals surface area contributed by atoms with Crippen LogP contribution in [-0.4, -0.2) is 51.2 Å². The first-order valence-electron chi connectivity index (χ1n) is 8.79. The number of hydrogen-bond acceptors (Lipinski definition) is 4. The predicted molar refractivity (Wildman–Crippen MR) is 102 cm³/mol. The SMILES string of the molecule is CCOc1cc2ccccc2cc1C(=O)N1CCC(NS(C)(=O)=O)CC1. The van der Waals surface area contributed by atoms with Crippen molar-refractivity contribution < 1.29 is 17.9 Å². The van der Waals surface area contributed by atoms with E-state index >= 15 is 0 Å². The monoisotopic (exact) mass is 376 g/mol. The van der Waals surface area contributed by atoms with Gasteiger partial charge in [-0.15, -0.1) is 0 Å². The van der Waals surface area contributed by atoms with Gasteiger partial charge >= 0.3 is 0 Å². The van der Waals surface area contributed by atoms with Gasteiger partial charge in [-0.3, -0.25) is 4.79 Å². The van der Waals surface area contributed by atoms with Crippen LogP contribution in [0.3, 0.4) is 0 Å².